The van der Waals surface area contributed by atoms with Gasteiger partial charge in [0.05, 0.1) is 22.0 Å². The topological polar surface area (TPSA) is 67.6 Å². The number of H-pyrrole nitrogens is 1. The fraction of sp³-hybridized carbons (Fsp3) is 0.143. The van der Waals surface area contributed by atoms with Crippen molar-refractivity contribution in [3.63, 3.8) is 0 Å². The fourth-order valence-electron chi connectivity index (χ4n) is 2.11. The first-order valence-corrected chi connectivity index (χ1v) is 6.86. The van der Waals surface area contributed by atoms with Crippen molar-refractivity contribution in [1.29, 1.82) is 0 Å². The molecule has 0 amide bonds. The fourth-order valence-corrected chi connectivity index (χ4v) is 2.72. The molecule has 0 fully saturated rings. The molecule has 96 valence electrons. The van der Waals surface area contributed by atoms with Gasteiger partial charge >= 0.3 is 0 Å². The lowest BCUT2D eigenvalue weighted by Crippen LogP contribution is -1.89. The van der Waals surface area contributed by atoms with E-state index in [1.165, 1.54) is 5.56 Å². The first-order valence-electron chi connectivity index (χ1n) is 5.98. The Labute approximate surface area is 115 Å². The van der Waals surface area contributed by atoms with Gasteiger partial charge in [-0.25, -0.2) is 4.98 Å². The Balaban J connectivity index is 2.19. The third kappa shape index (κ3) is 2.13. The SMILES string of the molecule is Cc1cccc(-c2c(N)n[nH]c2-c2csc(C)n2)c1. The number of rotatable bonds is 2. The number of nitrogen functional groups attached to an aromatic ring is 1. The minimum Gasteiger partial charge on any atom is -0.382 e. The summed E-state index contributed by atoms with van der Waals surface area (Å²) in [5.41, 5.74) is 11.0. The number of aromatic amines is 1. The molecule has 0 saturated heterocycles. The van der Waals surface area contributed by atoms with Crippen molar-refractivity contribution < 1.29 is 0 Å². The molecule has 3 N–H and O–H groups in total. The quantitative estimate of drug-likeness (QED) is 0.750. The molecular weight excluding hydrogens is 256 g/mol. The molecule has 0 atom stereocenters. The number of hydrogen-bond acceptors (Lipinski definition) is 4. The maximum absolute atomic E-state index is 6.00. The van der Waals surface area contributed by atoms with E-state index >= 15 is 0 Å². The van der Waals surface area contributed by atoms with Gasteiger partial charge in [-0.05, 0) is 19.4 Å². The summed E-state index contributed by atoms with van der Waals surface area (Å²) in [6.45, 7) is 4.05. The Morgan fingerprint density at radius 2 is 2.11 bits per heavy atom. The average Bonchev–Trinajstić information content (AvgIpc) is 2.95. The molecule has 5 heteroatoms. The first-order chi connectivity index (χ1) is 9.15. The summed E-state index contributed by atoms with van der Waals surface area (Å²) in [6.07, 6.45) is 0. The number of thiazole rings is 1. The van der Waals surface area contributed by atoms with Crippen molar-refractivity contribution >= 4 is 17.2 Å². The number of nitrogens with one attached hydrogen (secondary N) is 1. The van der Waals surface area contributed by atoms with Gasteiger partial charge in [-0.2, -0.15) is 5.10 Å². The van der Waals surface area contributed by atoms with Gasteiger partial charge in [0.2, 0.25) is 0 Å². The maximum Gasteiger partial charge on any atom is 0.153 e. The number of aromatic nitrogens is 3. The van der Waals surface area contributed by atoms with Gasteiger partial charge in [0.15, 0.2) is 5.82 Å². The van der Waals surface area contributed by atoms with Crippen LogP contribution < -0.4 is 5.73 Å². The van der Waals surface area contributed by atoms with Crippen LogP contribution in [0.5, 0.6) is 0 Å². The molecule has 4 nitrogen and oxygen atoms in total. The summed E-state index contributed by atoms with van der Waals surface area (Å²) in [5, 5.41) is 10.2. The summed E-state index contributed by atoms with van der Waals surface area (Å²) < 4.78 is 0. The van der Waals surface area contributed by atoms with Crippen LogP contribution in [0.25, 0.3) is 22.5 Å². The molecule has 0 bridgehead atoms. The summed E-state index contributed by atoms with van der Waals surface area (Å²) in [4.78, 5) is 4.49. The molecule has 0 unspecified atom stereocenters. The molecule has 0 radical (unpaired) electrons. The molecule has 2 aromatic heterocycles. The van der Waals surface area contributed by atoms with Crippen molar-refractivity contribution in [2.75, 3.05) is 5.73 Å². The smallest absolute Gasteiger partial charge is 0.153 e. The standard InChI is InChI=1S/C14H14N4S/c1-8-4-3-5-10(6-8)12-13(17-18-14(12)15)11-7-19-9(2)16-11/h3-7H,1-2H3,(H3,15,17,18). The highest BCUT2D eigenvalue weighted by Gasteiger charge is 2.16. The Morgan fingerprint density at radius 1 is 1.26 bits per heavy atom. The van der Waals surface area contributed by atoms with Crippen LogP contribution in [-0.2, 0) is 0 Å². The molecule has 3 rings (SSSR count). The van der Waals surface area contributed by atoms with Crippen LogP contribution in [0.2, 0.25) is 0 Å². The Kier molecular flexibility index (Phi) is 2.83. The third-order valence-corrected chi connectivity index (χ3v) is 3.75. The minimum atomic E-state index is 0.506. The van der Waals surface area contributed by atoms with Crippen molar-refractivity contribution in [2.24, 2.45) is 0 Å². The number of hydrogen-bond donors (Lipinski definition) is 2. The van der Waals surface area contributed by atoms with E-state index in [0.717, 1.165) is 27.5 Å². The highest BCUT2D eigenvalue weighted by molar-refractivity contribution is 7.09. The molecule has 0 aliphatic heterocycles. The van der Waals surface area contributed by atoms with E-state index in [-0.39, 0.29) is 0 Å². The molecule has 0 saturated carbocycles. The molecule has 0 aliphatic carbocycles. The molecule has 2 heterocycles. The summed E-state index contributed by atoms with van der Waals surface area (Å²) in [5.74, 6) is 0.506. The van der Waals surface area contributed by atoms with Crippen LogP contribution in [0.1, 0.15) is 10.6 Å². The molecule has 3 aromatic rings. The zero-order valence-corrected chi connectivity index (χ0v) is 11.6. The molecule has 0 aliphatic rings. The van der Waals surface area contributed by atoms with Gasteiger partial charge in [-0.15, -0.1) is 11.3 Å². The predicted molar refractivity (Wildman–Crippen MR) is 79.0 cm³/mol. The van der Waals surface area contributed by atoms with Crippen molar-refractivity contribution in [3.05, 3.63) is 40.2 Å². The number of aryl methyl sites for hydroxylation is 2. The number of anilines is 1. The van der Waals surface area contributed by atoms with Crippen LogP contribution in [0.15, 0.2) is 29.6 Å². The van der Waals surface area contributed by atoms with Gasteiger partial charge < -0.3 is 5.73 Å². The summed E-state index contributed by atoms with van der Waals surface area (Å²) in [6, 6.07) is 8.22. The predicted octanol–water partition coefficient (Wildman–Crippen LogP) is 3.40. The van der Waals surface area contributed by atoms with Gasteiger partial charge in [-0.1, -0.05) is 29.8 Å². The zero-order chi connectivity index (χ0) is 13.4. The van der Waals surface area contributed by atoms with Crippen LogP contribution in [-0.4, -0.2) is 15.2 Å². The average molecular weight is 270 g/mol. The van der Waals surface area contributed by atoms with E-state index in [9.17, 15) is 0 Å². The minimum absolute atomic E-state index is 0.506. The van der Waals surface area contributed by atoms with Crippen molar-refractivity contribution in [3.8, 4) is 22.5 Å². The number of nitrogens with zero attached hydrogens (tertiary/aromatic N) is 2. The van der Waals surface area contributed by atoms with Crippen molar-refractivity contribution in [2.45, 2.75) is 13.8 Å². The number of nitrogens with two attached hydrogens (primary N) is 1. The highest BCUT2D eigenvalue weighted by Crippen LogP contribution is 2.35. The highest BCUT2D eigenvalue weighted by atomic mass is 32.1. The lowest BCUT2D eigenvalue weighted by atomic mass is 10.0. The second kappa shape index (κ2) is 4.51. The summed E-state index contributed by atoms with van der Waals surface area (Å²) >= 11 is 1.62. The van der Waals surface area contributed by atoms with Crippen LogP contribution in [0.3, 0.4) is 0 Å². The lowest BCUT2D eigenvalue weighted by Gasteiger charge is -2.03. The first kappa shape index (κ1) is 11.9. The van der Waals surface area contributed by atoms with Gasteiger partial charge in [0.25, 0.3) is 0 Å². The van der Waals surface area contributed by atoms with E-state index in [0.29, 0.717) is 5.82 Å². The maximum atomic E-state index is 6.00. The largest absolute Gasteiger partial charge is 0.382 e. The van der Waals surface area contributed by atoms with Crippen molar-refractivity contribution in [1.82, 2.24) is 15.2 Å². The van der Waals surface area contributed by atoms with E-state index in [1.54, 1.807) is 11.3 Å². The van der Waals surface area contributed by atoms with E-state index in [4.69, 9.17) is 5.73 Å². The van der Waals surface area contributed by atoms with E-state index < -0.39 is 0 Å². The van der Waals surface area contributed by atoms with E-state index in [2.05, 4.69) is 34.2 Å². The Hall–Kier alpha value is -2.14. The molecule has 19 heavy (non-hydrogen) atoms. The Morgan fingerprint density at radius 3 is 2.79 bits per heavy atom. The van der Waals surface area contributed by atoms with Gasteiger partial charge in [0.1, 0.15) is 0 Å². The van der Waals surface area contributed by atoms with Crippen LogP contribution in [0.4, 0.5) is 5.82 Å². The lowest BCUT2D eigenvalue weighted by molar-refractivity contribution is 1.09. The molecule has 0 spiro atoms. The van der Waals surface area contributed by atoms with E-state index in [1.807, 2.05) is 24.4 Å². The van der Waals surface area contributed by atoms with Crippen LogP contribution >= 0.6 is 11.3 Å². The van der Waals surface area contributed by atoms with Crippen LogP contribution in [0, 0.1) is 13.8 Å². The summed E-state index contributed by atoms with van der Waals surface area (Å²) in [7, 11) is 0. The second-order valence-corrected chi connectivity index (χ2v) is 5.54. The van der Waals surface area contributed by atoms with Gasteiger partial charge in [0, 0.05) is 5.38 Å². The van der Waals surface area contributed by atoms with Gasteiger partial charge in [-0.3, -0.25) is 5.10 Å². The monoisotopic (exact) mass is 270 g/mol. The molecular formula is C14H14N4S. The third-order valence-electron chi connectivity index (χ3n) is 2.98. The zero-order valence-electron chi connectivity index (χ0n) is 10.8. The second-order valence-electron chi connectivity index (χ2n) is 4.48. The Bertz CT molecular complexity index is 727. The normalized spacial score (nSPS) is 10.8. The molecule has 1 aromatic carbocycles. The number of benzene rings is 1.